The number of unbranched alkanes of at least 4 members (excludes halogenated alkanes) is 5. The van der Waals surface area contributed by atoms with E-state index in [4.69, 9.17) is 4.74 Å². The largest absolute Gasteiger partial charge is 0.444 e. The maximum Gasteiger partial charge on any atom is 0.408 e. The Morgan fingerprint density at radius 2 is 1.55 bits per heavy atom. The highest BCUT2D eigenvalue weighted by atomic mass is 16.6. The van der Waals surface area contributed by atoms with Crippen molar-refractivity contribution in [2.24, 2.45) is 5.92 Å². The Kier molecular flexibility index (Phi) is 14.1. The fourth-order valence-electron chi connectivity index (χ4n) is 4.94. The van der Waals surface area contributed by atoms with Gasteiger partial charge in [0.15, 0.2) is 0 Å². The topological polar surface area (TPSA) is 87.7 Å². The van der Waals surface area contributed by atoms with E-state index < -0.39 is 23.8 Å². The van der Waals surface area contributed by atoms with Gasteiger partial charge < -0.3 is 20.3 Å². The first kappa shape index (κ1) is 34.8. The highest BCUT2D eigenvalue weighted by molar-refractivity contribution is 5.92. The summed E-state index contributed by atoms with van der Waals surface area (Å²) in [5.74, 6) is -0.749. The first-order valence-electron chi connectivity index (χ1n) is 15.5. The van der Waals surface area contributed by atoms with Gasteiger partial charge in [0.25, 0.3) is 0 Å². The van der Waals surface area contributed by atoms with Crippen molar-refractivity contribution in [3.8, 4) is 0 Å². The summed E-state index contributed by atoms with van der Waals surface area (Å²) in [4.78, 5) is 43.0. The average molecular weight is 580 g/mol. The zero-order valence-electron chi connectivity index (χ0n) is 27.1. The van der Waals surface area contributed by atoms with Gasteiger partial charge in [-0.15, -0.1) is 0 Å². The van der Waals surface area contributed by atoms with Crippen LogP contribution in [0.1, 0.15) is 108 Å². The molecule has 232 valence electrons. The summed E-state index contributed by atoms with van der Waals surface area (Å²) in [5.41, 5.74) is 3.01. The second kappa shape index (κ2) is 16.9. The van der Waals surface area contributed by atoms with E-state index in [9.17, 15) is 14.4 Å². The lowest BCUT2D eigenvalue weighted by Crippen LogP contribution is -2.55. The van der Waals surface area contributed by atoms with Crippen LogP contribution in [0.15, 0.2) is 48.5 Å². The lowest BCUT2D eigenvalue weighted by atomic mass is 9.94. The third-order valence-electron chi connectivity index (χ3n) is 7.24. The van der Waals surface area contributed by atoms with Gasteiger partial charge in [0.2, 0.25) is 11.8 Å². The second-order valence-corrected chi connectivity index (χ2v) is 12.6. The van der Waals surface area contributed by atoms with Gasteiger partial charge in [-0.05, 0) is 63.6 Å². The summed E-state index contributed by atoms with van der Waals surface area (Å²) in [5, 5.41) is 5.91. The Morgan fingerprint density at radius 1 is 0.905 bits per heavy atom. The van der Waals surface area contributed by atoms with Crippen LogP contribution in [0.2, 0.25) is 0 Å². The molecule has 2 rings (SSSR count). The fraction of sp³-hybridized carbons (Fsp3) is 0.571. The highest BCUT2D eigenvalue weighted by Gasteiger charge is 2.37. The molecule has 2 aromatic carbocycles. The molecule has 0 aliphatic carbocycles. The maximum atomic E-state index is 14.4. The van der Waals surface area contributed by atoms with Crippen LogP contribution >= 0.6 is 0 Å². The first-order chi connectivity index (χ1) is 19.8. The van der Waals surface area contributed by atoms with Crippen LogP contribution in [0, 0.1) is 19.8 Å². The van der Waals surface area contributed by atoms with Crippen molar-refractivity contribution in [2.45, 2.75) is 118 Å². The van der Waals surface area contributed by atoms with Gasteiger partial charge in [-0.2, -0.15) is 0 Å². The van der Waals surface area contributed by atoms with Crippen molar-refractivity contribution in [3.63, 3.8) is 0 Å². The summed E-state index contributed by atoms with van der Waals surface area (Å²) in [6, 6.07) is 14.0. The minimum Gasteiger partial charge on any atom is -0.444 e. The molecule has 0 saturated carbocycles. The molecule has 3 amide bonds. The Bertz CT molecular complexity index is 1140. The number of nitrogens with one attached hydrogen (secondary N) is 2. The predicted octanol–water partition coefficient (Wildman–Crippen LogP) is 7.40. The van der Waals surface area contributed by atoms with E-state index in [1.807, 2.05) is 76.2 Å². The molecule has 7 heteroatoms. The van der Waals surface area contributed by atoms with Gasteiger partial charge >= 0.3 is 6.09 Å². The quantitative estimate of drug-likeness (QED) is 0.215. The number of alkyl carbamates (subject to hydrolysis) is 1. The van der Waals surface area contributed by atoms with Crippen molar-refractivity contribution >= 4 is 17.9 Å². The lowest BCUT2D eigenvalue weighted by Gasteiger charge is -2.36. The molecule has 42 heavy (non-hydrogen) atoms. The molecule has 0 spiro atoms. The summed E-state index contributed by atoms with van der Waals surface area (Å²) in [7, 11) is 0. The SMILES string of the molecule is CCCCCCCCN(C(=O)C(NC(=O)OC(C)(C)C)C(C)C)C(C(=O)NCc1ccccc1)c1cc(C)ccc1C. The van der Waals surface area contributed by atoms with Crippen molar-refractivity contribution in [1.82, 2.24) is 15.5 Å². The molecule has 0 aliphatic rings. The molecule has 2 N–H and O–H groups in total. The Labute approximate surface area is 253 Å². The van der Waals surface area contributed by atoms with Crippen LogP contribution in [0.3, 0.4) is 0 Å². The highest BCUT2D eigenvalue weighted by Crippen LogP contribution is 2.28. The fourth-order valence-corrected chi connectivity index (χ4v) is 4.94. The summed E-state index contributed by atoms with van der Waals surface area (Å²) in [6.07, 6.45) is 5.65. The number of benzene rings is 2. The smallest absolute Gasteiger partial charge is 0.408 e. The minimum atomic E-state index is -0.852. The Balaban J connectivity index is 2.49. The predicted molar refractivity (Wildman–Crippen MR) is 170 cm³/mol. The third kappa shape index (κ3) is 11.5. The molecule has 2 atom stereocenters. The summed E-state index contributed by atoms with van der Waals surface area (Å²) >= 11 is 0. The molecule has 0 bridgehead atoms. The van der Waals surface area contributed by atoms with Crippen LogP contribution in [0.25, 0.3) is 0 Å². The molecule has 2 aromatic rings. The molecular formula is C35H53N3O4. The maximum absolute atomic E-state index is 14.4. The number of rotatable bonds is 15. The first-order valence-corrected chi connectivity index (χ1v) is 15.5. The minimum absolute atomic E-state index is 0.219. The summed E-state index contributed by atoms with van der Waals surface area (Å²) in [6.45, 7) is 16.1. The Hall–Kier alpha value is -3.35. The van der Waals surface area contributed by atoms with Crippen LogP contribution in [-0.2, 0) is 20.9 Å². The number of carbonyl (C=O) groups excluding carboxylic acids is 3. The number of ether oxygens (including phenoxy) is 1. The van der Waals surface area contributed by atoms with E-state index in [0.29, 0.717) is 13.1 Å². The standard InChI is InChI=1S/C35H53N3O4/c1-9-10-11-12-13-17-22-38(33(40)30(25(2)3)37-34(41)42-35(6,7)8)31(29-23-26(4)20-21-27(29)5)32(39)36-24-28-18-15-14-16-19-28/h14-16,18-21,23,25,30-31H,9-13,17,22,24H2,1-8H3,(H,36,39)(H,37,41). The van der Waals surface area contributed by atoms with E-state index in [1.165, 1.54) is 6.42 Å². The monoisotopic (exact) mass is 579 g/mol. The second-order valence-electron chi connectivity index (χ2n) is 12.6. The lowest BCUT2D eigenvalue weighted by molar-refractivity contribution is -0.143. The van der Waals surface area contributed by atoms with Crippen molar-refractivity contribution < 1.29 is 19.1 Å². The van der Waals surface area contributed by atoms with Gasteiger partial charge in [0.1, 0.15) is 17.7 Å². The van der Waals surface area contributed by atoms with Crippen molar-refractivity contribution in [1.29, 1.82) is 0 Å². The molecule has 0 heterocycles. The van der Waals surface area contributed by atoms with Crippen LogP contribution in [0.5, 0.6) is 0 Å². The molecular weight excluding hydrogens is 526 g/mol. The number of aryl methyl sites for hydroxylation is 2. The van der Waals surface area contributed by atoms with Crippen molar-refractivity contribution in [2.75, 3.05) is 6.54 Å². The normalized spacial score (nSPS) is 12.9. The van der Waals surface area contributed by atoms with Gasteiger partial charge in [0, 0.05) is 13.1 Å². The molecule has 0 aromatic heterocycles. The van der Waals surface area contributed by atoms with Crippen LogP contribution < -0.4 is 10.6 Å². The van der Waals surface area contributed by atoms with Gasteiger partial charge in [-0.1, -0.05) is 107 Å². The van der Waals surface area contributed by atoms with Gasteiger partial charge in [-0.25, -0.2) is 4.79 Å². The van der Waals surface area contributed by atoms with E-state index in [0.717, 1.165) is 54.4 Å². The molecule has 0 radical (unpaired) electrons. The summed E-state index contributed by atoms with van der Waals surface area (Å²) < 4.78 is 5.50. The van der Waals surface area contributed by atoms with Crippen LogP contribution in [0.4, 0.5) is 4.79 Å². The van der Waals surface area contributed by atoms with E-state index in [2.05, 4.69) is 17.6 Å². The van der Waals surface area contributed by atoms with E-state index >= 15 is 0 Å². The van der Waals surface area contributed by atoms with Crippen LogP contribution in [-0.4, -0.2) is 41.0 Å². The van der Waals surface area contributed by atoms with E-state index in [-0.39, 0.29) is 17.7 Å². The molecule has 0 aliphatic heterocycles. The number of amides is 3. The third-order valence-corrected chi connectivity index (χ3v) is 7.24. The number of carbonyl (C=O) groups is 3. The zero-order chi connectivity index (χ0) is 31.3. The van der Waals surface area contributed by atoms with E-state index in [1.54, 1.807) is 25.7 Å². The number of hydrogen-bond donors (Lipinski definition) is 2. The van der Waals surface area contributed by atoms with Gasteiger partial charge in [0.05, 0.1) is 0 Å². The molecule has 0 saturated heterocycles. The number of hydrogen-bond acceptors (Lipinski definition) is 4. The average Bonchev–Trinajstić information content (AvgIpc) is 2.92. The molecule has 7 nitrogen and oxygen atoms in total. The zero-order valence-corrected chi connectivity index (χ0v) is 27.1. The van der Waals surface area contributed by atoms with Crippen molar-refractivity contribution in [3.05, 3.63) is 70.8 Å². The Morgan fingerprint density at radius 3 is 2.17 bits per heavy atom. The number of nitrogens with zero attached hydrogens (tertiary/aromatic N) is 1. The van der Waals surface area contributed by atoms with Gasteiger partial charge in [-0.3, -0.25) is 9.59 Å². The molecule has 2 unspecified atom stereocenters. The molecule has 0 fully saturated rings.